The number of amides is 4. The molecule has 0 bridgehead atoms. The fourth-order valence-electron chi connectivity index (χ4n) is 8.72. The molecule has 446 valence electrons. The van der Waals surface area contributed by atoms with E-state index in [-0.39, 0.29) is 41.5 Å². The lowest BCUT2D eigenvalue weighted by Crippen LogP contribution is -2.58. The molecule has 0 saturated heterocycles. The van der Waals surface area contributed by atoms with Crippen LogP contribution >= 0.6 is 0 Å². The number of hydrogen-bond acceptors (Lipinski definition) is 23. The van der Waals surface area contributed by atoms with Gasteiger partial charge in [0.05, 0.1) is 60.2 Å². The lowest BCUT2D eigenvalue weighted by Gasteiger charge is -2.32. The Morgan fingerprint density at radius 3 is 1.55 bits per heavy atom. The molecular weight excluding hydrogens is 1050 g/mol. The molecule has 1 heterocycles. The van der Waals surface area contributed by atoms with Gasteiger partial charge in [0.1, 0.15) is 24.2 Å². The number of hydrogen-bond donors (Lipinski definition) is 14. The summed E-state index contributed by atoms with van der Waals surface area (Å²) in [7, 11) is 0. The average molecular weight is 1130 g/mol. The number of carboxylic acids is 3. The van der Waals surface area contributed by atoms with E-state index in [1.807, 2.05) is 0 Å². The summed E-state index contributed by atoms with van der Waals surface area (Å²) >= 11 is 0. The van der Waals surface area contributed by atoms with Crippen molar-refractivity contribution in [1.82, 2.24) is 14.4 Å². The molecule has 0 spiro atoms. The fraction of sp³-hybridized carbons (Fsp3) is 0.608. The first-order chi connectivity index (χ1) is 37.0. The summed E-state index contributed by atoms with van der Waals surface area (Å²) in [5.41, 5.74) is 49.8. The summed E-state index contributed by atoms with van der Waals surface area (Å²) in [6, 6.07) is -18.7. The zero-order chi connectivity index (χ0) is 61.7. The van der Waals surface area contributed by atoms with E-state index in [2.05, 4.69) is 0 Å². The molecule has 0 aliphatic carbocycles. The van der Waals surface area contributed by atoms with Gasteiger partial charge in [0.15, 0.2) is 23.1 Å². The minimum atomic E-state index is -2.54. The normalized spacial score (nSPS) is 15.8. The molecule has 0 aliphatic heterocycles. The van der Waals surface area contributed by atoms with Crippen molar-refractivity contribution in [3.63, 3.8) is 0 Å². The van der Waals surface area contributed by atoms with Crippen LogP contribution in [0.2, 0.25) is 0 Å². The Bertz CT molecular complexity index is 2690. The van der Waals surface area contributed by atoms with Gasteiger partial charge in [0, 0.05) is 41.3 Å². The van der Waals surface area contributed by atoms with Crippen LogP contribution in [0, 0.1) is 11.8 Å². The molecule has 1 aromatic heterocycles. The number of aromatic nitrogens is 1. The van der Waals surface area contributed by atoms with Crippen LogP contribution in [0.3, 0.4) is 0 Å². The summed E-state index contributed by atoms with van der Waals surface area (Å²) in [4.78, 5) is 172. The first kappa shape index (κ1) is 69.5. The molecule has 11 atom stereocenters. The smallest absolute Gasteiger partial charge is 0.327 e. The van der Waals surface area contributed by atoms with Gasteiger partial charge in [0.25, 0.3) is 5.91 Å². The van der Waals surface area contributed by atoms with Crippen LogP contribution < -0.4 is 51.6 Å². The van der Waals surface area contributed by atoms with E-state index < -0.39 is 221 Å². The Morgan fingerprint density at radius 2 is 1.10 bits per heavy atom. The first-order valence-electron chi connectivity index (χ1n) is 25.9. The minimum absolute atomic E-state index is 0.141. The Hall–Kier alpha value is -6.64. The standard InChI is InChI=1S/C51H80N12O17/c1-20(2)16-30(57)48(76)63(46(74)22(5)53)33(51(79)80)17-25-36-32(62(50(78)40(60)24(7)65)41(25)45(73)39(59)21(3)4)18-26(43(71)27(54)11-13-34(66)67)37(44(72)28(55)12-14-35(68)69)38(36)42(70)23(6)61(49(77)31(58)19-64)47(75)29(56)10-8-9-15-52/h18,20-24,27-31,33,39-40,64-65H,8-17,19,52-60H2,1-7H3,(H,66,67)(H,68,69)(H,79,80). The van der Waals surface area contributed by atoms with Gasteiger partial charge in [-0.2, -0.15) is 0 Å². The van der Waals surface area contributed by atoms with Crippen molar-refractivity contribution in [2.24, 2.45) is 63.4 Å². The van der Waals surface area contributed by atoms with Crippen molar-refractivity contribution < 1.29 is 83.1 Å². The van der Waals surface area contributed by atoms with Crippen molar-refractivity contribution in [3.8, 4) is 0 Å². The molecule has 0 saturated carbocycles. The van der Waals surface area contributed by atoms with Crippen molar-refractivity contribution in [1.29, 1.82) is 0 Å². The molecule has 0 fully saturated rings. The molecule has 4 amide bonds. The number of rotatable bonds is 33. The summed E-state index contributed by atoms with van der Waals surface area (Å²) in [5, 5.41) is 50.5. The highest BCUT2D eigenvalue weighted by Gasteiger charge is 2.46. The number of imide groups is 2. The van der Waals surface area contributed by atoms with Gasteiger partial charge >= 0.3 is 17.9 Å². The maximum Gasteiger partial charge on any atom is 0.327 e. The predicted octanol–water partition coefficient (Wildman–Crippen LogP) is -3.32. The van der Waals surface area contributed by atoms with E-state index in [0.29, 0.717) is 17.1 Å². The van der Waals surface area contributed by atoms with E-state index >= 15 is 19.2 Å². The monoisotopic (exact) mass is 1130 g/mol. The minimum Gasteiger partial charge on any atom is -0.481 e. The Labute approximate surface area is 461 Å². The molecule has 1 aromatic carbocycles. The van der Waals surface area contributed by atoms with Gasteiger partial charge in [-0.3, -0.25) is 67.1 Å². The fourth-order valence-corrected chi connectivity index (χ4v) is 8.72. The topological polar surface area (TPSA) is 552 Å². The van der Waals surface area contributed by atoms with Crippen LogP contribution in [-0.2, 0) is 40.0 Å². The van der Waals surface area contributed by atoms with Crippen LogP contribution in [0.25, 0.3) is 10.9 Å². The number of carbonyl (C=O) groups is 12. The summed E-state index contributed by atoms with van der Waals surface area (Å²) in [5.74, 6) is -18.9. The number of nitrogens with zero attached hydrogens (tertiary/aromatic N) is 3. The number of aliphatic hydroxyl groups is 2. The van der Waals surface area contributed by atoms with Crippen molar-refractivity contribution in [3.05, 3.63) is 34.0 Å². The zero-order valence-corrected chi connectivity index (χ0v) is 46.0. The molecule has 2 rings (SSSR count). The summed E-state index contributed by atoms with van der Waals surface area (Å²) in [6.07, 6.45) is -6.07. The number of carboxylic acid groups (broad SMARTS) is 3. The number of benzene rings is 1. The molecule has 80 heavy (non-hydrogen) atoms. The van der Waals surface area contributed by atoms with Gasteiger partial charge < -0.3 is 77.1 Å². The van der Waals surface area contributed by atoms with Gasteiger partial charge in [-0.15, -0.1) is 0 Å². The Balaban J connectivity index is 3.94. The SMILES string of the molecule is CC(C)CC(N)C(=O)N(C(=O)C(C)N)C(Cc1c(C(=O)C(N)C(C)C)n(C(=O)C(N)C(C)O)c2cc(C(=O)C(N)CCC(=O)O)c(C(=O)C(N)CCC(=O)O)c(C(=O)C(C)N(C(=O)C(N)CO)C(=O)C(N)CCCCN)c12)C(=O)O. The third kappa shape index (κ3) is 16.5. The van der Waals surface area contributed by atoms with E-state index in [4.69, 9.17) is 51.6 Å². The number of carbonyl (C=O) groups excluding carboxylic acids is 9. The predicted molar refractivity (Wildman–Crippen MR) is 287 cm³/mol. The van der Waals surface area contributed by atoms with Gasteiger partial charge in [0.2, 0.25) is 23.6 Å². The van der Waals surface area contributed by atoms with Crippen LogP contribution in [0.5, 0.6) is 0 Å². The maximum atomic E-state index is 16.2. The van der Waals surface area contributed by atoms with Crippen LogP contribution in [-0.4, -0.2) is 190 Å². The molecule has 0 radical (unpaired) electrons. The molecule has 0 aliphatic rings. The van der Waals surface area contributed by atoms with Gasteiger partial charge in [-0.05, 0) is 82.9 Å². The Kier molecular flexibility index (Phi) is 26.3. The van der Waals surface area contributed by atoms with Crippen LogP contribution in [0.15, 0.2) is 6.07 Å². The first-order valence-corrected chi connectivity index (χ1v) is 25.9. The number of unbranched alkanes of at least 4 members (excludes halogenated alkanes) is 1. The second-order valence-corrected chi connectivity index (χ2v) is 20.7. The van der Waals surface area contributed by atoms with Crippen molar-refractivity contribution >= 4 is 81.5 Å². The van der Waals surface area contributed by atoms with E-state index in [1.165, 1.54) is 13.8 Å². The number of ketones is 4. The number of fused-ring (bicyclic) bond motifs is 1. The lowest BCUT2D eigenvalue weighted by atomic mass is 9.82. The van der Waals surface area contributed by atoms with Crippen LogP contribution in [0.1, 0.15) is 152 Å². The number of aliphatic carboxylic acids is 3. The quantitative estimate of drug-likeness (QED) is 0.0246. The van der Waals surface area contributed by atoms with Crippen molar-refractivity contribution in [2.75, 3.05) is 13.2 Å². The Morgan fingerprint density at radius 1 is 0.588 bits per heavy atom. The highest BCUT2D eigenvalue weighted by Crippen LogP contribution is 2.39. The van der Waals surface area contributed by atoms with E-state index in [0.717, 1.165) is 20.8 Å². The second-order valence-electron chi connectivity index (χ2n) is 20.7. The lowest BCUT2D eigenvalue weighted by molar-refractivity contribution is -0.159. The molecule has 23 N–H and O–H groups in total. The molecule has 11 unspecified atom stereocenters. The highest BCUT2D eigenvalue weighted by atomic mass is 16.4. The van der Waals surface area contributed by atoms with E-state index in [1.54, 1.807) is 13.8 Å². The maximum absolute atomic E-state index is 16.2. The number of aliphatic hydroxyl groups excluding tert-OH is 2. The summed E-state index contributed by atoms with van der Waals surface area (Å²) in [6.45, 7) is 8.22. The molecule has 29 nitrogen and oxygen atoms in total. The third-order valence-electron chi connectivity index (χ3n) is 13.4. The third-order valence-corrected chi connectivity index (χ3v) is 13.4. The van der Waals surface area contributed by atoms with Gasteiger partial charge in [-0.1, -0.05) is 34.1 Å². The van der Waals surface area contributed by atoms with Crippen LogP contribution in [0.4, 0.5) is 0 Å². The number of nitrogens with two attached hydrogens (primary N) is 9. The number of Topliss-reactive ketones (excluding diaryl/α,β-unsaturated/α-hetero) is 4. The highest BCUT2D eigenvalue weighted by molar-refractivity contribution is 6.27. The molecule has 2 aromatic rings. The van der Waals surface area contributed by atoms with Gasteiger partial charge in [-0.25, -0.2) is 4.79 Å². The molecule has 29 heteroatoms. The zero-order valence-electron chi connectivity index (χ0n) is 46.0. The summed E-state index contributed by atoms with van der Waals surface area (Å²) < 4.78 is 0.443. The van der Waals surface area contributed by atoms with Crippen molar-refractivity contribution in [2.45, 2.75) is 173 Å². The van der Waals surface area contributed by atoms with E-state index in [9.17, 15) is 63.9 Å². The molecular formula is C51H80N12O17. The second kappa shape index (κ2) is 30.3. The average Bonchev–Trinajstić information content (AvgIpc) is 3.86. The largest absolute Gasteiger partial charge is 0.481 e.